The molecule has 0 spiro atoms. The van der Waals surface area contributed by atoms with Crippen molar-refractivity contribution in [2.75, 3.05) is 13.7 Å². The maximum absolute atomic E-state index is 6.51. The van der Waals surface area contributed by atoms with Crippen LogP contribution in [-0.4, -0.2) is 44.4 Å². The van der Waals surface area contributed by atoms with Crippen LogP contribution in [0.5, 0.6) is 0 Å². The predicted octanol–water partition coefficient (Wildman–Crippen LogP) is 3.30. The van der Waals surface area contributed by atoms with E-state index in [-0.39, 0.29) is 18.3 Å². The molecule has 0 radical (unpaired) electrons. The highest BCUT2D eigenvalue weighted by Gasteiger charge is 2.60. The normalized spacial score (nSPS) is 41.6. The third kappa shape index (κ3) is 3.20. The number of hydrogen-bond donors (Lipinski definition) is 0. The molecule has 6 nitrogen and oxygen atoms in total. The summed E-state index contributed by atoms with van der Waals surface area (Å²) in [5.41, 5.74) is 1.90. The molecule has 0 aromatic heterocycles. The van der Waals surface area contributed by atoms with Gasteiger partial charge < -0.3 is 28.4 Å². The molecule has 2 aromatic rings. The second-order valence-electron chi connectivity index (χ2n) is 7.96. The van der Waals surface area contributed by atoms with Crippen molar-refractivity contribution < 1.29 is 28.4 Å². The Morgan fingerprint density at radius 2 is 1.31 bits per heavy atom. The zero-order valence-corrected chi connectivity index (χ0v) is 16.8. The van der Waals surface area contributed by atoms with Gasteiger partial charge in [-0.1, -0.05) is 60.7 Å². The molecule has 3 aliphatic heterocycles. The highest BCUT2D eigenvalue weighted by Crippen LogP contribution is 2.47. The maximum atomic E-state index is 6.51. The molecule has 0 saturated carbocycles. The number of methoxy groups -OCH3 is 1. The first-order chi connectivity index (χ1) is 14.0. The van der Waals surface area contributed by atoms with Crippen molar-refractivity contribution in [2.24, 2.45) is 0 Å². The Labute approximate surface area is 170 Å². The maximum Gasteiger partial charge on any atom is 0.193 e. The molecule has 5 rings (SSSR count). The number of benzene rings is 2. The fraction of sp³-hybridized carbons (Fsp3) is 0.478. The van der Waals surface area contributed by atoms with Crippen LogP contribution in [0.4, 0.5) is 0 Å². The summed E-state index contributed by atoms with van der Waals surface area (Å²) < 4.78 is 37.2. The van der Waals surface area contributed by atoms with E-state index >= 15 is 0 Å². The van der Waals surface area contributed by atoms with E-state index in [2.05, 4.69) is 0 Å². The van der Waals surface area contributed by atoms with Gasteiger partial charge in [0.2, 0.25) is 0 Å². The molecule has 0 amide bonds. The molecule has 2 unspecified atom stereocenters. The molecular weight excluding hydrogens is 372 g/mol. The molecule has 3 saturated heterocycles. The lowest BCUT2D eigenvalue weighted by atomic mass is 9.96. The molecule has 154 valence electrons. The first-order valence-corrected chi connectivity index (χ1v) is 9.99. The fourth-order valence-corrected chi connectivity index (χ4v) is 4.46. The lowest BCUT2D eigenvalue weighted by molar-refractivity contribution is -0.379. The standard InChI is InChI=1S/C23H26O6/c1-22(15-10-6-4-7-11-15)25-14-17-18(27-22)19-20(21(24-3)26-17)29-23(2,28-19)16-12-8-5-9-13-16/h4-13,17-21H,14H2,1-3H3/t17-,18-,19+,20+,21+,22?,23?/m1/s1. The SMILES string of the molecule is CO[C@H]1O[C@@H]2COC(C)(c3ccccc3)O[C@H]2[C@@H]2OC(C)(c3ccccc3)O[C@H]12. The van der Waals surface area contributed by atoms with E-state index in [1.54, 1.807) is 7.11 Å². The predicted molar refractivity (Wildman–Crippen MR) is 104 cm³/mol. The number of hydrogen-bond acceptors (Lipinski definition) is 6. The summed E-state index contributed by atoms with van der Waals surface area (Å²) in [5.74, 6) is -1.79. The monoisotopic (exact) mass is 398 g/mol. The van der Waals surface area contributed by atoms with Gasteiger partial charge >= 0.3 is 0 Å². The summed E-state index contributed by atoms with van der Waals surface area (Å²) in [7, 11) is 1.61. The summed E-state index contributed by atoms with van der Waals surface area (Å²) in [6.07, 6.45) is -1.98. The molecule has 6 heteroatoms. The Kier molecular flexibility index (Phi) is 4.74. The van der Waals surface area contributed by atoms with Gasteiger partial charge in [0.25, 0.3) is 0 Å². The molecule has 3 aliphatic rings. The Hall–Kier alpha value is -1.80. The Morgan fingerprint density at radius 3 is 1.93 bits per heavy atom. The van der Waals surface area contributed by atoms with E-state index in [4.69, 9.17) is 28.4 Å². The minimum absolute atomic E-state index is 0.306. The lowest BCUT2D eigenvalue weighted by Crippen LogP contribution is -2.63. The highest BCUT2D eigenvalue weighted by atomic mass is 16.8. The van der Waals surface area contributed by atoms with Crippen LogP contribution in [0.3, 0.4) is 0 Å². The van der Waals surface area contributed by atoms with E-state index in [1.807, 2.05) is 74.5 Å². The van der Waals surface area contributed by atoms with Gasteiger partial charge in [0.15, 0.2) is 17.9 Å². The van der Waals surface area contributed by atoms with Gasteiger partial charge in [-0.2, -0.15) is 0 Å². The second kappa shape index (κ2) is 7.16. The Morgan fingerprint density at radius 1 is 0.759 bits per heavy atom. The first kappa shape index (κ1) is 19.2. The molecule has 0 aliphatic carbocycles. The second-order valence-corrected chi connectivity index (χ2v) is 7.96. The molecule has 3 heterocycles. The van der Waals surface area contributed by atoms with Crippen molar-refractivity contribution in [3.05, 3.63) is 71.8 Å². The summed E-state index contributed by atoms with van der Waals surface area (Å²) in [5, 5.41) is 0. The molecule has 2 aromatic carbocycles. The summed E-state index contributed by atoms with van der Waals surface area (Å²) in [6, 6.07) is 19.8. The lowest BCUT2D eigenvalue weighted by Gasteiger charge is -2.49. The summed E-state index contributed by atoms with van der Waals surface area (Å²) in [6.45, 7) is 4.24. The molecule has 3 fully saturated rings. The number of fused-ring (bicyclic) bond motifs is 3. The number of rotatable bonds is 3. The van der Waals surface area contributed by atoms with Gasteiger partial charge in [0, 0.05) is 18.2 Å². The topological polar surface area (TPSA) is 55.4 Å². The van der Waals surface area contributed by atoms with Gasteiger partial charge in [-0.05, 0) is 13.8 Å². The quantitative estimate of drug-likeness (QED) is 0.791. The summed E-state index contributed by atoms with van der Waals surface area (Å²) in [4.78, 5) is 0. The van der Waals surface area contributed by atoms with Crippen LogP contribution in [0.25, 0.3) is 0 Å². The van der Waals surface area contributed by atoms with E-state index in [9.17, 15) is 0 Å². The zero-order chi connectivity index (χ0) is 20.1. The largest absolute Gasteiger partial charge is 0.353 e. The van der Waals surface area contributed by atoms with E-state index in [0.29, 0.717) is 6.61 Å². The van der Waals surface area contributed by atoms with Crippen LogP contribution in [0, 0.1) is 0 Å². The van der Waals surface area contributed by atoms with Crippen LogP contribution in [0.1, 0.15) is 25.0 Å². The minimum atomic E-state index is -0.906. The highest BCUT2D eigenvalue weighted by molar-refractivity contribution is 5.23. The Balaban J connectivity index is 1.46. The van der Waals surface area contributed by atoms with Gasteiger partial charge in [0.1, 0.15) is 24.4 Å². The zero-order valence-electron chi connectivity index (χ0n) is 16.8. The van der Waals surface area contributed by atoms with Gasteiger partial charge in [-0.15, -0.1) is 0 Å². The van der Waals surface area contributed by atoms with E-state index in [0.717, 1.165) is 11.1 Å². The molecule has 0 bridgehead atoms. The average Bonchev–Trinajstić information content (AvgIpc) is 3.14. The van der Waals surface area contributed by atoms with Crippen LogP contribution >= 0.6 is 0 Å². The van der Waals surface area contributed by atoms with Crippen LogP contribution < -0.4 is 0 Å². The van der Waals surface area contributed by atoms with E-state index in [1.165, 1.54) is 0 Å². The van der Waals surface area contributed by atoms with E-state index < -0.39 is 24.0 Å². The molecule has 7 atom stereocenters. The van der Waals surface area contributed by atoms with Crippen LogP contribution in [0.2, 0.25) is 0 Å². The van der Waals surface area contributed by atoms with Crippen molar-refractivity contribution in [3.8, 4) is 0 Å². The van der Waals surface area contributed by atoms with Gasteiger partial charge in [0.05, 0.1) is 6.61 Å². The van der Waals surface area contributed by atoms with Gasteiger partial charge in [-0.25, -0.2) is 0 Å². The van der Waals surface area contributed by atoms with Crippen molar-refractivity contribution in [2.45, 2.75) is 56.1 Å². The Bertz CT molecular complexity index is 845. The van der Waals surface area contributed by atoms with Gasteiger partial charge in [-0.3, -0.25) is 0 Å². The fourth-order valence-electron chi connectivity index (χ4n) is 4.46. The smallest absolute Gasteiger partial charge is 0.193 e. The molecule has 0 N–H and O–H groups in total. The van der Waals surface area contributed by atoms with Crippen molar-refractivity contribution in [1.29, 1.82) is 0 Å². The first-order valence-electron chi connectivity index (χ1n) is 9.99. The third-order valence-corrected chi connectivity index (χ3v) is 6.03. The molecular formula is C23H26O6. The van der Waals surface area contributed by atoms with Crippen molar-refractivity contribution >= 4 is 0 Å². The van der Waals surface area contributed by atoms with Crippen LogP contribution in [0.15, 0.2) is 60.7 Å². The van der Waals surface area contributed by atoms with Crippen molar-refractivity contribution in [3.63, 3.8) is 0 Å². The molecule has 29 heavy (non-hydrogen) atoms. The van der Waals surface area contributed by atoms with Crippen molar-refractivity contribution in [1.82, 2.24) is 0 Å². The number of ether oxygens (including phenoxy) is 6. The minimum Gasteiger partial charge on any atom is -0.353 e. The third-order valence-electron chi connectivity index (χ3n) is 6.03. The van der Waals surface area contributed by atoms with Crippen LogP contribution in [-0.2, 0) is 40.0 Å². The average molecular weight is 398 g/mol. The summed E-state index contributed by atoms with van der Waals surface area (Å²) >= 11 is 0.